The van der Waals surface area contributed by atoms with Gasteiger partial charge in [-0.2, -0.15) is 0 Å². The number of aromatic amines is 1. The van der Waals surface area contributed by atoms with Gasteiger partial charge >= 0.3 is 0 Å². The summed E-state index contributed by atoms with van der Waals surface area (Å²) >= 11 is 1.43. The Balaban J connectivity index is 1.71. The van der Waals surface area contributed by atoms with Crippen LogP contribution in [0.2, 0.25) is 0 Å². The van der Waals surface area contributed by atoms with Gasteiger partial charge in [0.1, 0.15) is 5.82 Å². The van der Waals surface area contributed by atoms with Crippen LogP contribution in [0.1, 0.15) is 15.5 Å². The first kappa shape index (κ1) is 11.0. The summed E-state index contributed by atoms with van der Waals surface area (Å²) in [6.07, 6.45) is 0. The molecule has 2 heterocycles. The quantitative estimate of drug-likeness (QED) is 0.757. The fraction of sp³-hybridized carbons (Fsp3) is 0.0769. The number of benzene rings is 1. The molecule has 0 atom stereocenters. The lowest BCUT2D eigenvalue weighted by Crippen LogP contribution is -2.22. The van der Waals surface area contributed by atoms with Crippen molar-refractivity contribution in [2.45, 2.75) is 6.54 Å². The summed E-state index contributed by atoms with van der Waals surface area (Å²) in [4.78, 5) is 20.0. The van der Waals surface area contributed by atoms with Gasteiger partial charge < -0.3 is 10.3 Å². The topological polar surface area (TPSA) is 57.8 Å². The van der Waals surface area contributed by atoms with Crippen molar-refractivity contribution >= 4 is 28.3 Å². The number of hydrogen-bond donors (Lipinski definition) is 2. The highest BCUT2D eigenvalue weighted by molar-refractivity contribution is 7.12. The van der Waals surface area contributed by atoms with Gasteiger partial charge in [0.05, 0.1) is 22.5 Å². The molecule has 2 aromatic heterocycles. The molecule has 0 aliphatic heterocycles. The van der Waals surface area contributed by atoms with Gasteiger partial charge in [0, 0.05) is 0 Å². The summed E-state index contributed by atoms with van der Waals surface area (Å²) in [7, 11) is 0. The van der Waals surface area contributed by atoms with Crippen LogP contribution in [0.3, 0.4) is 0 Å². The van der Waals surface area contributed by atoms with Gasteiger partial charge in [0.2, 0.25) is 0 Å². The van der Waals surface area contributed by atoms with E-state index in [4.69, 9.17) is 0 Å². The van der Waals surface area contributed by atoms with Gasteiger partial charge in [-0.3, -0.25) is 4.79 Å². The van der Waals surface area contributed by atoms with Crippen LogP contribution in [-0.4, -0.2) is 15.9 Å². The number of para-hydroxylation sites is 2. The highest BCUT2D eigenvalue weighted by Crippen LogP contribution is 2.11. The molecule has 1 amide bonds. The molecule has 0 fully saturated rings. The second-order valence-corrected chi connectivity index (χ2v) is 4.81. The van der Waals surface area contributed by atoms with E-state index in [1.54, 1.807) is 6.07 Å². The summed E-state index contributed by atoms with van der Waals surface area (Å²) in [6.45, 7) is 0.408. The zero-order valence-corrected chi connectivity index (χ0v) is 10.3. The van der Waals surface area contributed by atoms with Crippen molar-refractivity contribution in [3.05, 3.63) is 52.5 Å². The van der Waals surface area contributed by atoms with Gasteiger partial charge in [0.15, 0.2) is 0 Å². The monoisotopic (exact) mass is 257 g/mol. The number of carbonyl (C=O) groups is 1. The average Bonchev–Trinajstić information content (AvgIpc) is 3.04. The van der Waals surface area contributed by atoms with Gasteiger partial charge in [-0.05, 0) is 23.6 Å². The summed E-state index contributed by atoms with van der Waals surface area (Å²) < 4.78 is 0. The number of nitrogens with zero attached hydrogens (tertiary/aromatic N) is 1. The van der Waals surface area contributed by atoms with Gasteiger partial charge in [0.25, 0.3) is 5.91 Å². The van der Waals surface area contributed by atoms with Gasteiger partial charge in [-0.15, -0.1) is 11.3 Å². The van der Waals surface area contributed by atoms with Crippen LogP contribution < -0.4 is 5.32 Å². The second kappa shape index (κ2) is 4.62. The van der Waals surface area contributed by atoms with Crippen LogP contribution in [0.15, 0.2) is 41.8 Å². The molecule has 0 saturated carbocycles. The predicted molar refractivity (Wildman–Crippen MR) is 71.6 cm³/mol. The molecule has 0 unspecified atom stereocenters. The molecule has 0 aliphatic rings. The molecule has 0 radical (unpaired) electrons. The maximum atomic E-state index is 11.8. The largest absolute Gasteiger partial charge is 0.344 e. The van der Waals surface area contributed by atoms with E-state index < -0.39 is 0 Å². The molecule has 1 aromatic carbocycles. The number of amides is 1. The Morgan fingerprint density at radius 2 is 2.17 bits per heavy atom. The van der Waals surface area contributed by atoms with Gasteiger partial charge in [-0.1, -0.05) is 18.2 Å². The second-order valence-electron chi connectivity index (χ2n) is 3.86. The molecule has 3 aromatic rings. The van der Waals surface area contributed by atoms with Crippen LogP contribution in [0.25, 0.3) is 11.0 Å². The molecule has 0 bridgehead atoms. The fourth-order valence-electron chi connectivity index (χ4n) is 1.75. The van der Waals surface area contributed by atoms with E-state index in [1.807, 2.05) is 35.7 Å². The third-order valence-corrected chi connectivity index (χ3v) is 3.47. The number of rotatable bonds is 3. The Bertz CT molecular complexity index is 639. The van der Waals surface area contributed by atoms with Crippen molar-refractivity contribution in [1.82, 2.24) is 15.3 Å². The van der Waals surface area contributed by atoms with Crippen molar-refractivity contribution in [2.24, 2.45) is 0 Å². The molecule has 3 rings (SSSR count). The number of H-pyrrole nitrogens is 1. The van der Waals surface area contributed by atoms with E-state index in [0.717, 1.165) is 16.9 Å². The number of carbonyl (C=O) groups excluding carboxylic acids is 1. The summed E-state index contributed by atoms with van der Waals surface area (Å²) in [5.74, 6) is 0.701. The lowest BCUT2D eigenvalue weighted by atomic mass is 10.3. The minimum atomic E-state index is -0.0644. The predicted octanol–water partition coefficient (Wildman–Crippen LogP) is 2.55. The Hall–Kier alpha value is -2.14. The molecule has 0 aliphatic carbocycles. The maximum absolute atomic E-state index is 11.8. The maximum Gasteiger partial charge on any atom is 0.261 e. The molecular weight excluding hydrogens is 246 g/mol. The normalized spacial score (nSPS) is 10.7. The lowest BCUT2D eigenvalue weighted by Gasteiger charge is -1.99. The SMILES string of the molecule is O=C(NCc1nc2ccccc2[nH]1)c1cccs1. The molecule has 2 N–H and O–H groups in total. The number of fused-ring (bicyclic) bond motifs is 1. The lowest BCUT2D eigenvalue weighted by molar-refractivity contribution is 0.0954. The highest BCUT2D eigenvalue weighted by atomic mass is 32.1. The van der Waals surface area contributed by atoms with Crippen molar-refractivity contribution in [1.29, 1.82) is 0 Å². The van der Waals surface area contributed by atoms with E-state index in [0.29, 0.717) is 11.4 Å². The van der Waals surface area contributed by atoms with Crippen molar-refractivity contribution in [3.8, 4) is 0 Å². The number of imidazole rings is 1. The average molecular weight is 257 g/mol. The molecule has 0 spiro atoms. The Morgan fingerprint density at radius 1 is 1.28 bits per heavy atom. The first-order valence-electron chi connectivity index (χ1n) is 5.58. The third-order valence-electron chi connectivity index (χ3n) is 2.60. The zero-order chi connectivity index (χ0) is 12.4. The van der Waals surface area contributed by atoms with Crippen LogP contribution in [-0.2, 0) is 6.54 Å². The fourth-order valence-corrected chi connectivity index (χ4v) is 2.39. The summed E-state index contributed by atoms with van der Waals surface area (Å²) in [6, 6.07) is 11.5. The summed E-state index contributed by atoms with van der Waals surface area (Å²) in [5, 5.41) is 4.73. The van der Waals surface area contributed by atoms with Crippen molar-refractivity contribution in [2.75, 3.05) is 0 Å². The standard InChI is InChI=1S/C13H11N3OS/c17-13(11-6-3-7-18-11)14-8-12-15-9-4-1-2-5-10(9)16-12/h1-7H,8H2,(H,14,17)(H,15,16). The minimum absolute atomic E-state index is 0.0644. The molecule has 18 heavy (non-hydrogen) atoms. The molecule has 90 valence electrons. The van der Waals surface area contributed by atoms with E-state index in [1.165, 1.54) is 11.3 Å². The Labute approximate surface area is 108 Å². The molecule has 5 heteroatoms. The molecule has 4 nitrogen and oxygen atoms in total. The zero-order valence-electron chi connectivity index (χ0n) is 9.51. The van der Waals surface area contributed by atoms with E-state index in [2.05, 4.69) is 15.3 Å². The Kier molecular flexibility index (Phi) is 2.82. The first-order chi connectivity index (χ1) is 8.83. The highest BCUT2D eigenvalue weighted by Gasteiger charge is 2.07. The smallest absolute Gasteiger partial charge is 0.261 e. The van der Waals surface area contributed by atoms with E-state index in [9.17, 15) is 4.79 Å². The number of hydrogen-bond acceptors (Lipinski definition) is 3. The minimum Gasteiger partial charge on any atom is -0.344 e. The first-order valence-corrected chi connectivity index (χ1v) is 6.46. The number of thiophene rings is 1. The van der Waals surface area contributed by atoms with Crippen LogP contribution in [0.5, 0.6) is 0 Å². The van der Waals surface area contributed by atoms with Crippen molar-refractivity contribution < 1.29 is 4.79 Å². The Morgan fingerprint density at radius 3 is 2.94 bits per heavy atom. The third kappa shape index (κ3) is 2.12. The van der Waals surface area contributed by atoms with Crippen LogP contribution in [0.4, 0.5) is 0 Å². The molecular formula is C13H11N3OS. The van der Waals surface area contributed by atoms with Crippen LogP contribution in [0, 0.1) is 0 Å². The molecule has 0 saturated heterocycles. The van der Waals surface area contributed by atoms with E-state index in [-0.39, 0.29) is 5.91 Å². The number of nitrogens with one attached hydrogen (secondary N) is 2. The van der Waals surface area contributed by atoms with E-state index >= 15 is 0 Å². The summed E-state index contributed by atoms with van der Waals surface area (Å²) in [5.41, 5.74) is 1.90. The van der Waals surface area contributed by atoms with Gasteiger partial charge in [-0.25, -0.2) is 4.98 Å². The van der Waals surface area contributed by atoms with Crippen molar-refractivity contribution in [3.63, 3.8) is 0 Å². The number of aromatic nitrogens is 2. The van der Waals surface area contributed by atoms with Crippen LogP contribution >= 0.6 is 11.3 Å².